The van der Waals surface area contributed by atoms with Crippen molar-refractivity contribution in [1.82, 2.24) is 35.4 Å². The lowest BCUT2D eigenvalue weighted by Crippen LogP contribution is -2.51. The van der Waals surface area contributed by atoms with E-state index in [1.54, 1.807) is 0 Å². The van der Waals surface area contributed by atoms with Crippen molar-refractivity contribution in [2.45, 2.75) is 90.4 Å². The molecule has 2 saturated heterocycles. The van der Waals surface area contributed by atoms with E-state index in [0.717, 1.165) is 95.0 Å². The third-order valence-electron chi connectivity index (χ3n) is 11.7. The maximum Gasteiger partial charge on any atom is 0.407 e. The molecular weight excluding hydrogens is 739 g/mol. The summed E-state index contributed by atoms with van der Waals surface area (Å²) in [5, 5.41) is 5.45. The van der Waals surface area contributed by atoms with E-state index in [2.05, 4.69) is 69.1 Å². The van der Waals surface area contributed by atoms with Crippen LogP contribution in [0.3, 0.4) is 0 Å². The number of imidazole rings is 1. The molecule has 4 atom stereocenters. The zero-order chi connectivity index (χ0) is 41.1. The number of methoxy groups -OCH3 is 2. The Labute approximate surface area is 339 Å². The summed E-state index contributed by atoms with van der Waals surface area (Å²) >= 11 is 0. The second-order valence-corrected chi connectivity index (χ2v) is 16.1. The fourth-order valence-corrected chi connectivity index (χ4v) is 8.58. The van der Waals surface area contributed by atoms with Crippen LogP contribution in [-0.4, -0.2) is 94.8 Å². The molecule has 2 fully saturated rings. The predicted octanol–water partition coefficient (Wildman–Crippen LogP) is 7.15. The van der Waals surface area contributed by atoms with E-state index < -0.39 is 24.3 Å². The molecule has 5 heterocycles. The number of hydrogen-bond acceptors (Lipinski definition) is 8. The number of H-pyrrole nitrogens is 2. The molecule has 14 nitrogen and oxygen atoms in total. The van der Waals surface area contributed by atoms with E-state index in [0.29, 0.717) is 19.7 Å². The molecule has 2 aromatic heterocycles. The maximum absolute atomic E-state index is 13.9. The number of ether oxygens (including phenoxy) is 3. The number of aromatic nitrogens is 3. The van der Waals surface area contributed by atoms with Crippen LogP contribution < -0.4 is 15.4 Å². The second kappa shape index (κ2) is 17.4. The Bertz CT molecular complexity index is 2110. The molecular formula is C44H55N7O7. The van der Waals surface area contributed by atoms with Crippen LogP contribution in [0.15, 0.2) is 54.7 Å². The molecule has 4 N–H and O–H groups in total. The number of alkyl carbamates (subject to hydrolysis) is 2. The van der Waals surface area contributed by atoms with Crippen molar-refractivity contribution in [3.63, 3.8) is 0 Å². The molecule has 0 spiro atoms. The molecule has 308 valence electrons. The fourth-order valence-electron chi connectivity index (χ4n) is 8.58. The summed E-state index contributed by atoms with van der Waals surface area (Å²) in [6.45, 7) is 9.50. The van der Waals surface area contributed by atoms with Gasteiger partial charge in [-0.1, -0.05) is 76.2 Å². The van der Waals surface area contributed by atoms with Crippen molar-refractivity contribution in [3.05, 3.63) is 71.8 Å². The monoisotopic (exact) mass is 793 g/mol. The Kier molecular flexibility index (Phi) is 12.1. The van der Waals surface area contributed by atoms with Gasteiger partial charge in [0.15, 0.2) is 0 Å². The van der Waals surface area contributed by atoms with Crippen LogP contribution in [0, 0.1) is 11.8 Å². The number of nitrogens with one attached hydrogen (secondary N) is 4. The zero-order valence-corrected chi connectivity index (χ0v) is 34.2. The minimum absolute atomic E-state index is 0.105. The number of aromatic amines is 2. The number of benzene rings is 2. The van der Waals surface area contributed by atoms with Crippen LogP contribution in [0.2, 0.25) is 0 Å². The van der Waals surface area contributed by atoms with E-state index in [-0.39, 0.29) is 35.7 Å². The van der Waals surface area contributed by atoms with Crippen molar-refractivity contribution >= 4 is 24.0 Å². The van der Waals surface area contributed by atoms with Crippen LogP contribution in [-0.2, 0) is 25.5 Å². The summed E-state index contributed by atoms with van der Waals surface area (Å²) in [7, 11) is 2.60. The van der Waals surface area contributed by atoms with Crippen molar-refractivity contribution < 1.29 is 33.4 Å². The average Bonchev–Trinajstić information content (AvgIpc) is 4.07. The standard InChI is InChI=1S/C44H55N7O7/c1-25(2)35(48-43(54)56-5)41(52)50-21-7-11-33(50)38-31-10-9-23-58-39(31)37(47-38)30-19-15-28(16-20-30)27-13-17-29(18-14-27)32-24-45-40(46-32)34-12-8-22-51(34)42(53)36(26(3)4)49-44(55)57-6/h13-20,24-26,33-36,47H,7-12,21-23H2,1-6H3,(H,45,46)(H,48,54)(H,49,55)/t33-,34+,35+,36+/m1/s1. The maximum atomic E-state index is 13.9. The first-order chi connectivity index (χ1) is 28.0. The summed E-state index contributed by atoms with van der Waals surface area (Å²) < 4.78 is 15.9. The molecule has 4 amide bonds. The molecule has 0 bridgehead atoms. The first-order valence-electron chi connectivity index (χ1n) is 20.4. The summed E-state index contributed by atoms with van der Waals surface area (Å²) in [6.07, 6.45) is 5.65. The SMILES string of the molecule is COC(=O)N[C@H](C(=O)N1CCC[C@@H]1c1[nH]c(-c2ccc(-c3ccc(-c4cnc([C@@H]5CCCN5C(=O)[C@@H](NC(=O)OC)C(C)C)[nH]4)cc3)cc2)c2c1CCCO2)C(C)C. The molecule has 3 aliphatic heterocycles. The van der Waals surface area contributed by atoms with Crippen LogP contribution in [0.25, 0.3) is 33.6 Å². The van der Waals surface area contributed by atoms with Gasteiger partial charge in [0.25, 0.3) is 0 Å². The number of likely N-dealkylation sites (tertiary alicyclic amines) is 2. The first kappa shape index (κ1) is 40.4. The van der Waals surface area contributed by atoms with Gasteiger partial charge in [0.05, 0.1) is 50.5 Å². The molecule has 3 aliphatic rings. The highest BCUT2D eigenvalue weighted by Crippen LogP contribution is 2.45. The first-order valence-corrected chi connectivity index (χ1v) is 20.4. The summed E-state index contributed by atoms with van der Waals surface area (Å²) in [4.78, 5) is 67.1. The van der Waals surface area contributed by atoms with Crippen LogP contribution in [0.5, 0.6) is 5.75 Å². The van der Waals surface area contributed by atoms with Gasteiger partial charge in [-0.25, -0.2) is 14.6 Å². The number of fused-ring (bicyclic) bond motifs is 1. The third-order valence-corrected chi connectivity index (χ3v) is 11.7. The van der Waals surface area contributed by atoms with Crippen molar-refractivity contribution in [3.8, 4) is 39.4 Å². The van der Waals surface area contributed by atoms with E-state index in [9.17, 15) is 19.2 Å². The van der Waals surface area contributed by atoms with Gasteiger partial charge in [0, 0.05) is 29.9 Å². The van der Waals surface area contributed by atoms with E-state index in [1.807, 2.05) is 43.7 Å². The smallest absolute Gasteiger partial charge is 0.407 e. The van der Waals surface area contributed by atoms with Crippen LogP contribution in [0.4, 0.5) is 9.59 Å². The van der Waals surface area contributed by atoms with Crippen molar-refractivity contribution in [2.75, 3.05) is 33.9 Å². The molecule has 0 radical (unpaired) electrons. The van der Waals surface area contributed by atoms with Crippen molar-refractivity contribution in [1.29, 1.82) is 0 Å². The number of nitrogens with zero attached hydrogens (tertiary/aromatic N) is 3. The van der Waals surface area contributed by atoms with Gasteiger partial charge in [0.1, 0.15) is 23.7 Å². The van der Waals surface area contributed by atoms with Crippen molar-refractivity contribution in [2.24, 2.45) is 11.8 Å². The van der Waals surface area contributed by atoms with E-state index in [4.69, 9.17) is 19.2 Å². The highest BCUT2D eigenvalue weighted by Gasteiger charge is 2.40. The fraction of sp³-hybridized carbons (Fsp3) is 0.477. The predicted molar refractivity (Wildman–Crippen MR) is 219 cm³/mol. The Morgan fingerprint density at radius 3 is 1.79 bits per heavy atom. The Hall–Kier alpha value is -5.79. The van der Waals surface area contributed by atoms with Gasteiger partial charge in [-0.3, -0.25) is 9.59 Å². The quantitative estimate of drug-likeness (QED) is 0.124. The third kappa shape index (κ3) is 8.14. The Balaban J connectivity index is 1.06. The molecule has 58 heavy (non-hydrogen) atoms. The van der Waals surface area contributed by atoms with Gasteiger partial charge in [0.2, 0.25) is 11.8 Å². The number of carbonyl (C=O) groups excluding carboxylic acids is 4. The summed E-state index contributed by atoms with van der Waals surface area (Å²) in [5.74, 6) is 1.12. The summed E-state index contributed by atoms with van der Waals surface area (Å²) in [6, 6.07) is 15.0. The van der Waals surface area contributed by atoms with E-state index >= 15 is 0 Å². The average molecular weight is 794 g/mol. The van der Waals surface area contributed by atoms with Gasteiger partial charge >= 0.3 is 12.2 Å². The van der Waals surface area contributed by atoms with Crippen LogP contribution in [0.1, 0.15) is 89.0 Å². The Morgan fingerprint density at radius 2 is 1.24 bits per heavy atom. The second-order valence-electron chi connectivity index (χ2n) is 16.1. The normalized spacial score (nSPS) is 18.8. The number of amides is 4. The summed E-state index contributed by atoms with van der Waals surface area (Å²) in [5.41, 5.74) is 8.01. The number of rotatable bonds is 11. The highest BCUT2D eigenvalue weighted by atomic mass is 16.5. The number of hydrogen-bond donors (Lipinski definition) is 4. The molecule has 4 aromatic rings. The van der Waals surface area contributed by atoms with Gasteiger partial charge in [-0.15, -0.1) is 0 Å². The molecule has 0 saturated carbocycles. The van der Waals surface area contributed by atoms with Gasteiger partial charge in [-0.05, 0) is 67.1 Å². The highest BCUT2D eigenvalue weighted by molar-refractivity contribution is 5.87. The van der Waals surface area contributed by atoms with Gasteiger partial charge < -0.3 is 44.6 Å². The minimum Gasteiger partial charge on any atom is -0.491 e. The van der Waals surface area contributed by atoms with Gasteiger partial charge in [-0.2, -0.15) is 0 Å². The molecule has 0 unspecified atom stereocenters. The topological polar surface area (TPSA) is 171 Å². The lowest BCUT2D eigenvalue weighted by molar-refractivity contribution is -0.136. The minimum atomic E-state index is -0.690. The van der Waals surface area contributed by atoms with E-state index in [1.165, 1.54) is 14.2 Å². The number of carbonyl (C=O) groups is 4. The molecule has 2 aromatic carbocycles. The lowest BCUT2D eigenvalue weighted by atomic mass is 9.98. The zero-order valence-electron chi connectivity index (χ0n) is 34.2. The lowest BCUT2D eigenvalue weighted by Gasteiger charge is -2.31. The largest absolute Gasteiger partial charge is 0.491 e. The molecule has 7 rings (SSSR count). The molecule has 0 aliphatic carbocycles. The Morgan fingerprint density at radius 1 is 0.724 bits per heavy atom. The van der Waals surface area contributed by atoms with Crippen LogP contribution >= 0.6 is 0 Å². The molecule has 14 heteroatoms.